The molecule has 1 aromatic carbocycles. The average molecular weight is 471 g/mol. The van der Waals surface area contributed by atoms with E-state index in [9.17, 15) is 8.78 Å². The molecule has 0 amide bonds. The molecule has 1 aromatic rings. The lowest BCUT2D eigenvalue weighted by molar-refractivity contribution is 0.0708. The van der Waals surface area contributed by atoms with E-state index in [2.05, 4.69) is 19.1 Å². The summed E-state index contributed by atoms with van der Waals surface area (Å²) < 4.78 is 34.9. The third-order valence-electron chi connectivity index (χ3n) is 9.28. The smallest absolute Gasteiger partial charge is 0.200 e. The van der Waals surface area contributed by atoms with Crippen LogP contribution in [0.25, 0.3) is 0 Å². The van der Waals surface area contributed by atoms with Gasteiger partial charge >= 0.3 is 0 Å². The van der Waals surface area contributed by atoms with Crippen molar-refractivity contribution in [3.05, 3.63) is 53.6 Å². The first-order chi connectivity index (χ1) is 16.6. The molecule has 0 radical (unpaired) electrons. The minimum Gasteiger partial charge on any atom is -0.486 e. The van der Waals surface area contributed by atoms with Gasteiger partial charge < -0.3 is 4.74 Å². The third-order valence-corrected chi connectivity index (χ3v) is 9.28. The first-order valence-corrected chi connectivity index (χ1v) is 13.9. The summed E-state index contributed by atoms with van der Waals surface area (Å²) in [5, 5.41) is 0. The SMILES string of the molecule is C/C=C/CCC1CCC(C2CCC3CC(c4ccc(OC/C=C/C)c(F)c4F)CCC3C2)CC1. The summed E-state index contributed by atoms with van der Waals surface area (Å²) in [6.45, 7) is 4.26. The predicted molar refractivity (Wildman–Crippen MR) is 137 cm³/mol. The molecule has 0 bridgehead atoms. The summed E-state index contributed by atoms with van der Waals surface area (Å²) in [6, 6.07) is 3.39. The Morgan fingerprint density at radius 3 is 2.15 bits per heavy atom. The van der Waals surface area contributed by atoms with E-state index in [4.69, 9.17) is 4.74 Å². The molecule has 0 N–H and O–H groups in total. The molecule has 188 valence electrons. The molecule has 0 aromatic heterocycles. The molecule has 3 aliphatic carbocycles. The molecule has 34 heavy (non-hydrogen) atoms. The van der Waals surface area contributed by atoms with E-state index in [1.54, 1.807) is 18.2 Å². The van der Waals surface area contributed by atoms with Crippen LogP contribution in [0.2, 0.25) is 0 Å². The molecule has 4 unspecified atom stereocenters. The van der Waals surface area contributed by atoms with E-state index in [1.165, 1.54) is 64.2 Å². The highest BCUT2D eigenvalue weighted by molar-refractivity contribution is 5.33. The van der Waals surface area contributed by atoms with Crippen LogP contribution in [0.1, 0.15) is 102 Å². The number of fused-ring (bicyclic) bond motifs is 1. The van der Waals surface area contributed by atoms with E-state index in [-0.39, 0.29) is 18.3 Å². The van der Waals surface area contributed by atoms with Crippen molar-refractivity contribution in [3.63, 3.8) is 0 Å². The monoisotopic (exact) mass is 470 g/mol. The van der Waals surface area contributed by atoms with Crippen molar-refractivity contribution < 1.29 is 13.5 Å². The Kier molecular flexibility index (Phi) is 9.25. The average Bonchev–Trinajstić information content (AvgIpc) is 2.87. The van der Waals surface area contributed by atoms with Crippen molar-refractivity contribution in [2.24, 2.45) is 29.6 Å². The molecule has 3 saturated carbocycles. The van der Waals surface area contributed by atoms with Gasteiger partial charge in [0.15, 0.2) is 11.6 Å². The first kappa shape index (κ1) is 25.5. The van der Waals surface area contributed by atoms with Gasteiger partial charge in [-0.25, -0.2) is 4.39 Å². The zero-order valence-electron chi connectivity index (χ0n) is 21.3. The normalized spacial score (nSPS) is 32.2. The molecule has 0 heterocycles. The highest BCUT2D eigenvalue weighted by Crippen LogP contribution is 2.51. The number of hydrogen-bond acceptors (Lipinski definition) is 1. The zero-order valence-corrected chi connectivity index (χ0v) is 21.3. The first-order valence-electron chi connectivity index (χ1n) is 13.9. The molecular formula is C31H44F2O. The second-order valence-electron chi connectivity index (χ2n) is 11.2. The minimum absolute atomic E-state index is 0.0186. The highest BCUT2D eigenvalue weighted by atomic mass is 19.2. The Balaban J connectivity index is 1.28. The molecular weight excluding hydrogens is 426 g/mol. The van der Waals surface area contributed by atoms with Crippen LogP contribution in [0.4, 0.5) is 8.78 Å². The molecule has 0 aliphatic heterocycles. The summed E-state index contributed by atoms with van der Waals surface area (Å²) in [7, 11) is 0. The maximum absolute atomic E-state index is 14.9. The van der Waals surface area contributed by atoms with Crippen LogP contribution in [0.15, 0.2) is 36.4 Å². The maximum atomic E-state index is 14.9. The molecule has 3 aliphatic rings. The lowest BCUT2D eigenvalue weighted by Gasteiger charge is -2.45. The summed E-state index contributed by atoms with van der Waals surface area (Å²) in [5.41, 5.74) is 0.563. The van der Waals surface area contributed by atoms with Crippen molar-refractivity contribution in [2.45, 2.75) is 96.8 Å². The number of ether oxygens (including phenoxy) is 1. The number of hydrogen-bond donors (Lipinski definition) is 0. The van der Waals surface area contributed by atoms with E-state index in [1.807, 2.05) is 13.0 Å². The molecule has 1 nitrogen and oxygen atoms in total. The third kappa shape index (κ3) is 6.13. The van der Waals surface area contributed by atoms with Crippen LogP contribution in [-0.2, 0) is 0 Å². The lowest BCUT2D eigenvalue weighted by Crippen LogP contribution is -2.34. The van der Waals surface area contributed by atoms with Gasteiger partial charge in [-0.05, 0) is 125 Å². The highest BCUT2D eigenvalue weighted by Gasteiger charge is 2.39. The van der Waals surface area contributed by atoms with Crippen molar-refractivity contribution >= 4 is 0 Å². The Hall–Kier alpha value is -1.64. The molecule has 0 spiro atoms. The van der Waals surface area contributed by atoms with Gasteiger partial charge in [-0.2, -0.15) is 4.39 Å². The van der Waals surface area contributed by atoms with Crippen LogP contribution in [0.3, 0.4) is 0 Å². The minimum atomic E-state index is -0.825. The fourth-order valence-electron chi connectivity index (χ4n) is 7.29. The van der Waals surface area contributed by atoms with Crippen LogP contribution >= 0.6 is 0 Å². The van der Waals surface area contributed by atoms with Crippen LogP contribution < -0.4 is 4.74 Å². The fourth-order valence-corrected chi connectivity index (χ4v) is 7.29. The van der Waals surface area contributed by atoms with Crippen LogP contribution in [0, 0.1) is 41.2 Å². The fraction of sp³-hybridized carbons (Fsp3) is 0.677. The molecule has 4 rings (SSSR count). The lowest BCUT2D eigenvalue weighted by atomic mass is 9.60. The van der Waals surface area contributed by atoms with Crippen molar-refractivity contribution in [3.8, 4) is 5.75 Å². The van der Waals surface area contributed by atoms with Crippen molar-refractivity contribution in [1.82, 2.24) is 0 Å². The van der Waals surface area contributed by atoms with Gasteiger partial charge in [-0.15, -0.1) is 0 Å². The number of halogens is 2. The van der Waals surface area contributed by atoms with Gasteiger partial charge in [0.25, 0.3) is 0 Å². The van der Waals surface area contributed by atoms with E-state index < -0.39 is 11.6 Å². The topological polar surface area (TPSA) is 9.23 Å². The quantitative estimate of drug-likeness (QED) is 0.344. The van der Waals surface area contributed by atoms with E-state index in [0.717, 1.165) is 36.5 Å². The molecule has 3 fully saturated rings. The van der Waals surface area contributed by atoms with Gasteiger partial charge in [0, 0.05) is 0 Å². The molecule has 3 heteroatoms. The second kappa shape index (κ2) is 12.4. The predicted octanol–water partition coefficient (Wildman–Crippen LogP) is 9.38. The summed E-state index contributed by atoms with van der Waals surface area (Å²) in [4.78, 5) is 0. The Labute approximate surface area is 206 Å². The van der Waals surface area contributed by atoms with E-state index in [0.29, 0.717) is 11.5 Å². The molecule has 4 atom stereocenters. The molecule has 0 saturated heterocycles. The van der Waals surface area contributed by atoms with Crippen molar-refractivity contribution in [1.29, 1.82) is 0 Å². The number of rotatable bonds is 8. The van der Waals surface area contributed by atoms with Crippen LogP contribution in [-0.4, -0.2) is 6.61 Å². The summed E-state index contributed by atoms with van der Waals surface area (Å²) >= 11 is 0. The second-order valence-corrected chi connectivity index (χ2v) is 11.2. The Morgan fingerprint density at radius 2 is 1.41 bits per heavy atom. The standard InChI is InChI=1S/C31H44F2O/c1-3-5-7-8-22-9-11-23(12-10-22)24-13-14-26-21-27(16-15-25(26)20-24)28-17-18-29(31(33)30(28)32)34-19-6-4-2/h3-6,17-18,22-27H,7-16,19-21H2,1-2H3/b5-3+,6-4+. The van der Waals surface area contributed by atoms with Gasteiger partial charge in [-0.1, -0.05) is 43.2 Å². The van der Waals surface area contributed by atoms with Gasteiger partial charge in [0.05, 0.1) is 0 Å². The van der Waals surface area contributed by atoms with Crippen LogP contribution in [0.5, 0.6) is 5.75 Å². The van der Waals surface area contributed by atoms with Gasteiger partial charge in [0.2, 0.25) is 5.82 Å². The Bertz CT molecular complexity index is 836. The maximum Gasteiger partial charge on any atom is 0.200 e. The zero-order chi connectivity index (χ0) is 23.9. The number of allylic oxidation sites excluding steroid dienone is 3. The largest absolute Gasteiger partial charge is 0.486 e. The van der Waals surface area contributed by atoms with Gasteiger partial charge in [0.1, 0.15) is 6.61 Å². The summed E-state index contributed by atoms with van der Waals surface area (Å²) in [5.74, 6) is 2.88. The summed E-state index contributed by atoms with van der Waals surface area (Å²) in [6.07, 6.45) is 23.6. The van der Waals surface area contributed by atoms with E-state index >= 15 is 0 Å². The van der Waals surface area contributed by atoms with Crippen molar-refractivity contribution in [2.75, 3.05) is 6.61 Å². The van der Waals surface area contributed by atoms with Gasteiger partial charge in [-0.3, -0.25) is 0 Å². The Morgan fingerprint density at radius 1 is 0.765 bits per heavy atom. The number of benzene rings is 1.